The van der Waals surface area contributed by atoms with Crippen LogP contribution < -0.4 is 5.73 Å². The van der Waals surface area contributed by atoms with E-state index in [1.165, 1.54) is 17.7 Å². The molecule has 19 heavy (non-hydrogen) atoms. The van der Waals surface area contributed by atoms with Crippen molar-refractivity contribution in [2.75, 3.05) is 13.1 Å². The lowest BCUT2D eigenvalue weighted by Gasteiger charge is -2.40. The second kappa shape index (κ2) is 6.06. The maximum absolute atomic E-state index is 6.43. The Bertz CT molecular complexity index is 410. The Morgan fingerprint density at radius 1 is 1.47 bits per heavy atom. The van der Waals surface area contributed by atoms with Crippen LogP contribution in [0.15, 0.2) is 6.20 Å². The zero-order chi connectivity index (χ0) is 14.0. The lowest BCUT2D eigenvalue weighted by molar-refractivity contribution is 0.113. The Morgan fingerprint density at radius 3 is 2.84 bits per heavy atom. The molecule has 0 saturated carbocycles. The number of likely N-dealkylation sites (tertiary alicyclic amines) is 1. The van der Waals surface area contributed by atoms with Gasteiger partial charge in [-0.05, 0) is 31.7 Å². The molecule has 0 bridgehead atoms. The maximum Gasteiger partial charge on any atom is 0.0670 e. The fourth-order valence-electron chi connectivity index (χ4n) is 3.27. The lowest BCUT2D eigenvalue weighted by atomic mass is 9.90. The molecule has 0 radical (unpaired) electrons. The van der Waals surface area contributed by atoms with Crippen LogP contribution in [0.1, 0.15) is 50.9 Å². The highest BCUT2D eigenvalue weighted by molar-refractivity contribution is 5.24. The van der Waals surface area contributed by atoms with Gasteiger partial charge in [0.05, 0.1) is 11.7 Å². The highest BCUT2D eigenvalue weighted by Crippen LogP contribution is 2.32. The summed E-state index contributed by atoms with van der Waals surface area (Å²) in [6, 6.07) is 0.585. The number of hydrogen-bond donors (Lipinski definition) is 1. The van der Waals surface area contributed by atoms with Crippen LogP contribution in [-0.2, 0) is 13.5 Å². The fourth-order valence-corrected chi connectivity index (χ4v) is 3.27. The first-order chi connectivity index (χ1) is 9.02. The van der Waals surface area contributed by atoms with Crippen molar-refractivity contribution in [1.29, 1.82) is 0 Å². The van der Waals surface area contributed by atoms with Gasteiger partial charge in [0.15, 0.2) is 0 Å². The monoisotopic (exact) mass is 264 g/mol. The highest BCUT2D eigenvalue weighted by Gasteiger charge is 2.32. The fraction of sp³-hybridized carbons (Fsp3) is 0.800. The quantitative estimate of drug-likeness (QED) is 0.906. The molecule has 2 atom stereocenters. The van der Waals surface area contributed by atoms with Gasteiger partial charge >= 0.3 is 0 Å². The van der Waals surface area contributed by atoms with Gasteiger partial charge < -0.3 is 5.73 Å². The zero-order valence-corrected chi connectivity index (χ0v) is 12.8. The van der Waals surface area contributed by atoms with Crippen molar-refractivity contribution in [1.82, 2.24) is 14.7 Å². The van der Waals surface area contributed by atoms with Crippen LogP contribution in [0.25, 0.3) is 0 Å². The predicted molar refractivity (Wildman–Crippen MR) is 78.9 cm³/mol. The first kappa shape index (κ1) is 14.5. The summed E-state index contributed by atoms with van der Waals surface area (Å²) in [5.74, 6) is 0.676. The number of aryl methyl sites for hydroxylation is 2. The molecule has 2 heterocycles. The van der Waals surface area contributed by atoms with Crippen LogP contribution in [0.4, 0.5) is 0 Å². The van der Waals surface area contributed by atoms with E-state index >= 15 is 0 Å². The van der Waals surface area contributed by atoms with Gasteiger partial charge in [-0.25, -0.2) is 0 Å². The summed E-state index contributed by atoms with van der Waals surface area (Å²) < 4.78 is 1.93. The molecule has 2 unspecified atom stereocenters. The van der Waals surface area contributed by atoms with Gasteiger partial charge in [0.1, 0.15) is 0 Å². The molecule has 1 fully saturated rings. The van der Waals surface area contributed by atoms with E-state index in [1.807, 2.05) is 11.7 Å². The third-order valence-electron chi connectivity index (χ3n) is 3.97. The maximum atomic E-state index is 6.43. The minimum Gasteiger partial charge on any atom is -0.326 e. The van der Waals surface area contributed by atoms with Gasteiger partial charge in [-0.1, -0.05) is 20.8 Å². The highest BCUT2D eigenvalue weighted by atomic mass is 15.3. The Labute approximate surface area is 117 Å². The molecule has 1 saturated heterocycles. The molecule has 1 aromatic rings. The van der Waals surface area contributed by atoms with E-state index in [9.17, 15) is 0 Å². The molecule has 1 aliphatic rings. The molecular formula is C15H28N4. The molecular weight excluding hydrogens is 236 g/mol. The summed E-state index contributed by atoms with van der Waals surface area (Å²) in [6.45, 7) is 9.01. The number of nitrogens with two attached hydrogens (primary N) is 1. The van der Waals surface area contributed by atoms with E-state index in [1.54, 1.807) is 0 Å². The minimum atomic E-state index is 0.238. The van der Waals surface area contributed by atoms with E-state index in [4.69, 9.17) is 5.73 Å². The molecule has 1 aromatic heterocycles. The van der Waals surface area contributed by atoms with Gasteiger partial charge in [-0.15, -0.1) is 0 Å². The van der Waals surface area contributed by atoms with Gasteiger partial charge in [0.25, 0.3) is 0 Å². The van der Waals surface area contributed by atoms with Crippen LogP contribution in [0.2, 0.25) is 0 Å². The average Bonchev–Trinajstić information content (AvgIpc) is 2.69. The Balaban J connectivity index is 2.30. The Morgan fingerprint density at radius 2 is 2.21 bits per heavy atom. The van der Waals surface area contributed by atoms with Crippen molar-refractivity contribution in [3.63, 3.8) is 0 Å². The Kier molecular flexibility index (Phi) is 4.63. The normalized spacial score (nSPS) is 25.2. The molecule has 2 N–H and O–H groups in total. The standard InChI is InChI=1S/C15H28N4/c1-5-14-12(10-18(4)17-14)15-13(16)7-6-8-19(15)9-11(2)3/h10-11,13,15H,5-9,16H2,1-4H3. The predicted octanol–water partition coefficient (Wildman–Crippen LogP) is 2.10. The molecule has 0 amide bonds. The third kappa shape index (κ3) is 3.18. The minimum absolute atomic E-state index is 0.238. The molecule has 4 nitrogen and oxygen atoms in total. The number of aromatic nitrogens is 2. The summed E-state index contributed by atoms with van der Waals surface area (Å²) in [4.78, 5) is 2.56. The summed E-state index contributed by atoms with van der Waals surface area (Å²) in [5.41, 5.74) is 8.98. The molecule has 0 aromatic carbocycles. The average molecular weight is 264 g/mol. The van der Waals surface area contributed by atoms with Gasteiger partial charge in [-0.3, -0.25) is 9.58 Å². The summed E-state index contributed by atoms with van der Waals surface area (Å²) in [6.07, 6.45) is 5.49. The first-order valence-corrected chi connectivity index (χ1v) is 7.55. The van der Waals surface area contributed by atoms with E-state index in [0.717, 1.165) is 25.9 Å². The van der Waals surface area contributed by atoms with Gasteiger partial charge in [0.2, 0.25) is 0 Å². The topological polar surface area (TPSA) is 47.1 Å². The number of piperidine rings is 1. The molecule has 0 aliphatic carbocycles. The summed E-state index contributed by atoms with van der Waals surface area (Å²) in [7, 11) is 2.00. The van der Waals surface area contributed by atoms with Crippen molar-refractivity contribution in [2.24, 2.45) is 18.7 Å². The zero-order valence-electron chi connectivity index (χ0n) is 12.8. The summed E-state index contributed by atoms with van der Waals surface area (Å²) >= 11 is 0. The van der Waals surface area contributed by atoms with Crippen molar-refractivity contribution in [2.45, 2.75) is 52.1 Å². The molecule has 4 heteroatoms. The smallest absolute Gasteiger partial charge is 0.0670 e. The van der Waals surface area contributed by atoms with E-state index < -0.39 is 0 Å². The molecule has 0 spiro atoms. The molecule has 108 valence electrons. The van der Waals surface area contributed by atoms with Crippen molar-refractivity contribution >= 4 is 0 Å². The number of rotatable bonds is 4. The van der Waals surface area contributed by atoms with E-state index in [2.05, 4.69) is 37.0 Å². The van der Waals surface area contributed by atoms with Crippen molar-refractivity contribution in [3.05, 3.63) is 17.5 Å². The first-order valence-electron chi connectivity index (χ1n) is 7.55. The van der Waals surface area contributed by atoms with Crippen LogP contribution in [0.5, 0.6) is 0 Å². The summed E-state index contributed by atoms with van der Waals surface area (Å²) in [5, 5.41) is 4.59. The van der Waals surface area contributed by atoms with Crippen LogP contribution in [0.3, 0.4) is 0 Å². The molecule has 2 rings (SSSR count). The van der Waals surface area contributed by atoms with Crippen molar-refractivity contribution in [3.8, 4) is 0 Å². The second-order valence-corrected chi connectivity index (χ2v) is 6.20. The third-order valence-corrected chi connectivity index (χ3v) is 3.97. The largest absolute Gasteiger partial charge is 0.326 e. The van der Waals surface area contributed by atoms with Crippen LogP contribution in [0, 0.1) is 5.92 Å². The SMILES string of the molecule is CCc1nn(C)cc1C1C(N)CCCN1CC(C)C. The molecule has 1 aliphatic heterocycles. The van der Waals surface area contributed by atoms with E-state index in [-0.39, 0.29) is 6.04 Å². The van der Waals surface area contributed by atoms with Crippen LogP contribution >= 0.6 is 0 Å². The number of hydrogen-bond acceptors (Lipinski definition) is 3. The lowest BCUT2D eigenvalue weighted by Crippen LogP contribution is -2.47. The van der Waals surface area contributed by atoms with Gasteiger partial charge in [-0.2, -0.15) is 5.10 Å². The second-order valence-electron chi connectivity index (χ2n) is 6.20. The van der Waals surface area contributed by atoms with E-state index in [0.29, 0.717) is 12.0 Å². The van der Waals surface area contributed by atoms with Gasteiger partial charge in [0, 0.05) is 31.4 Å². The van der Waals surface area contributed by atoms with Crippen LogP contribution in [-0.4, -0.2) is 33.8 Å². The van der Waals surface area contributed by atoms with Crippen molar-refractivity contribution < 1.29 is 0 Å². The number of nitrogens with zero attached hydrogens (tertiary/aromatic N) is 3. The Hall–Kier alpha value is -0.870.